The van der Waals surface area contributed by atoms with Crippen molar-refractivity contribution in [3.63, 3.8) is 0 Å². The largest absolute Gasteiger partial charge is 0.434 e. The summed E-state index contributed by atoms with van der Waals surface area (Å²) >= 11 is 1.13. The zero-order chi connectivity index (χ0) is 18.2. The van der Waals surface area contributed by atoms with Crippen LogP contribution in [-0.4, -0.2) is 24.6 Å². The molecule has 0 aliphatic rings. The molecule has 0 bridgehead atoms. The maximum atomic E-state index is 12.5. The highest BCUT2D eigenvalue weighted by atomic mass is 32.1. The Hall–Kier alpha value is -3.65. The summed E-state index contributed by atoms with van der Waals surface area (Å²) in [4.78, 5) is 21.0. The lowest BCUT2D eigenvalue weighted by Crippen LogP contribution is -2.11. The first-order valence-corrected chi connectivity index (χ1v) is 8.85. The minimum atomic E-state index is -0.205. The van der Waals surface area contributed by atoms with Gasteiger partial charge in [-0.3, -0.25) is 4.79 Å². The van der Waals surface area contributed by atoms with Gasteiger partial charge in [0.1, 0.15) is 11.0 Å². The molecule has 0 aliphatic carbocycles. The van der Waals surface area contributed by atoms with Crippen LogP contribution >= 0.6 is 11.7 Å². The van der Waals surface area contributed by atoms with Crippen LogP contribution in [0.25, 0.3) is 33.7 Å². The van der Waals surface area contributed by atoms with Crippen molar-refractivity contribution in [3.8, 4) is 11.5 Å². The Morgan fingerprint density at radius 3 is 2.70 bits per heavy atom. The quantitative estimate of drug-likeness (QED) is 0.511. The number of aromatic nitrogens is 4. The highest BCUT2D eigenvalue weighted by Gasteiger charge is 2.11. The molecule has 1 amide bonds. The van der Waals surface area contributed by atoms with Gasteiger partial charge in [-0.1, -0.05) is 0 Å². The van der Waals surface area contributed by atoms with Gasteiger partial charge in [-0.2, -0.15) is 13.7 Å². The molecule has 0 fully saturated rings. The summed E-state index contributed by atoms with van der Waals surface area (Å²) in [5.41, 5.74) is 4.72. The van der Waals surface area contributed by atoms with Crippen LogP contribution in [0.2, 0.25) is 0 Å². The van der Waals surface area contributed by atoms with E-state index in [0.29, 0.717) is 33.9 Å². The van der Waals surface area contributed by atoms with Gasteiger partial charge in [0.15, 0.2) is 11.2 Å². The van der Waals surface area contributed by atoms with E-state index in [4.69, 9.17) is 4.42 Å². The second kappa shape index (κ2) is 6.26. The molecule has 0 atom stereocenters. The summed E-state index contributed by atoms with van der Waals surface area (Å²) in [6.45, 7) is 0. The van der Waals surface area contributed by atoms with E-state index in [-0.39, 0.29) is 5.91 Å². The number of rotatable bonds is 3. The number of nitrogens with zero attached hydrogens (tertiary/aromatic N) is 4. The third-order valence-electron chi connectivity index (χ3n) is 4.07. The van der Waals surface area contributed by atoms with Crippen LogP contribution in [0.1, 0.15) is 10.4 Å². The molecule has 0 aliphatic heterocycles. The van der Waals surface area contributed by atoms with E-state index in [1.54, 1.807) is 42.6 Å². The molecule has 0 radical (unpaired) electrons. The number of nitrogens with one attached hydrogen (secondary N) is 1. The number of hydrogen-bond acceptors (Lipinski definition) is 7. The Bertz CT molecular complexity index is 1240. The fourth-order valence-corrected chi connectivity index (χ4v) is 3.23. The van der Waals surface area contributed by atoms with Gasteiger partial charge in [-0.15, -0.1) is 0 Å². The van der Waals surface area contributed by atoms with E-state index in [2.05, 4.69) is 24.0 Å². The zero-order valence-electron chi connectivity index (χ0n) is 13.8. The van der Waals surface area contributed by atoms with Gasteiger partial charge in [-0.05, 0) is 54.6 Å². The highest BCUT2D eigenvalue weighted by molar-refractivity contribution is 7.00. The summed E-state index contributed by atoms with van der Waals surface area (Å²) in [5, 5.41) is 2.87. The molecule has 3 aromatic heterocycles. The number of carbonyl (C=O) groups excluding carboxylic acids is 1. The molecule has 0 saturated carbocycles. The summed E-state index contributed by atoms with van der Waals surface area (Å²) in [6, 6.07) is 16.2. The maximum Gasteiger partial charge on any atom is 0.255 e. The van der Waals surface area contributed by atoms with Crippen molar-refractivity contribution in [1.82, 2.24) is 18.7 Å². The topological polar surface area (TPSA) is 93.8 Å². The molecule has 3 heterocycles. The van der Waals surface area contributed by atoms with E-state index in [1.165, 1.54) is 0 Å². The number of carbonyl (C=O) groups is 1. The second-order valence-electron chi connectivity index (χ2n) is 5.84. The lowest BCUT2D eigenvalue weighted by atomic mass is 10.1. The normalized spacial score (nSPS) is 11.1. The van der Waals surface area contributed by atoms with Crippen LogP contribution < -0.4 is 5.32 Å². The van der Waals surface area contributed by atoms with Gasteiger partial charge in [0, 0.05) is 23.0 Å². The van der Waals surface area contributed by atoms with Crippen molar-refractivity contribution in [1.29, 1.82) is 0 Å². The van der Waals surface area contributed by atoms with E-state index < -0.39 is 0 Å². The van der Waals surface area contributed by atoms with Crippen molar-refractivity contribution in [3.05, 3.63) is 66.4 Å². The first kappa shape index (κ1) is 15.6. The van der Waals surface area contributed by atoms with Crippen LogP contribution in [-0.2, 0) is 0 Å². The third kappa shape index (κ3) is 2.91. The Labute approximate surface area is 157 Å². The molecule has 8 heteroatoms. The van der Waals surface area contributed by atoms with Crippen LogP contribution in [0.3, 0.4) is 0 Å². The van der Waals surface area contributed by atoms with Crippen molar-refractivity contribution >= 4 is 45.6 Å². The first-order valence-electron chi connectivity index (χ1n) is 8.12. The molecule has 27 heavy (non-hydrogen) atoms. The average Bonchev–Trinajstić information content (AvgIpc) is 3.34. The van der Waals surface area contributed by atoms with Gasteiger partial charge in [-0.25, -0.2) is 4.98 Å². The predicted octanol–water partition coefficient (Wildman–Crippen LogP) is 4.15. The first-order chi connectivity index (χ1) is 13.3. The van der Waals surface area contributed by atoms with Crippen molar-refractivity contribution in [2.75, 3.05) is 5.32 Å². The second-order valence-corrected chi connectivity index (χ2v) is 6.37. The van der Waals surface area contributed by atoms with Crippen LogP contribution in [0.5, 0.6) is 0 Å². The standard InChI is InChI=1S/C19H11N5O2S/c25-18(12-5-8-14-15(10-12)24-27-23-14)21-13-6-3-11(4-7-13)19-22-17-16(26-19)2-1-9-20-17/h1-10H,(H,21,25). The molecule has 2 aromatic carbocycles. The smallest absolute Gasteiger partial charge is 0.255 e. The summed E-state index contributed by atoms with van der Waals surface area (Å²) < 4.78 is 14.0. The fraction of sp³-hybridized carbons (Fsp3) is 0. The predicted molar refractivity (Wildman–Crippen MR) is 103 cm³/mol. The Balaban J connectivity index is 1.37. The molecule has 0 unspecified atom stereocenters. The molecule has 0 spiro atoms. The van der Waals surface area contributed by atoms with Crippen LogP contribution in [0, 0.1) is 0 Å². The van der Waals surface area contributed by atoms with Gasteiger partial charge < -0.3 is 9.73 Å². The number of oxazole rings is 1. The fourth-order valence-electron chi connectivity index (χ4n) is 2.72. The molecule has 130 valence electrons. The zero-order valence-corrected chi connectivity index (χ0v) is 14.6. The van der Waals surface area contributed by atoms with Gasteiger partial charge in [0.05, 0.1) is 11.7 Å². The van der Waals surface area contributed by atoms with E-state index in [0.717, 1.165) is 22.8 Å². The van der Waals surface area contributed by atoms with Crippen LogP contribution in [0.15, 0.2) is 65.2 Å². The number of anilines is 1. The number of amides is 1. The lowest BCUT2D eigenvalue weighted by Gasteiger charge is -2.05. The minimum absolute atomic E-state index is 0.205. The molecule has 7 nitrogen and oxygen atoms in total. The van der Waals surface area contributed by atoms with Gasteiger partial charge in [0.25, 0.3) is 5.91 Å². The SMILES string of the molecule is O=C(Nc1ccc(-c2nc3ncccc3o2)cc1)c1ccc2nsnc2c1. The highest BCUT2D eigenvalue weighted by Crippen LogP contribution is 2.24. The lowest BCUT2D eigenvalue weighted by molar-refractivity contribution is 0.102. The molecular formula is C19H11N5O2S. The Morgan fingerprint density at radius 2 is 1.85 bits per heavy atom. The molecule has 5 rings (SSSR count). The van der Waals surface area contributed by atoms with E-state index >= 15 is 0 Å². The number of fused-ring (bicyclic) bond motifs is 2. The summed E-state index contributed by atoms with van der Waals surface area (Å²) in [6.07, 6.45) is 1.67. The number of benzene rings is 2. The number of pyridine rings is 1. The monoisotopic (exact) mass is 373 g/mol. The average molecular weight is 373 g/mol. The van der Waals surface area contributed by atoms with Crippen molar-refractivity contribution in [2.45, 2.75) is 0 Å². The Kier molecular flexibility index (Phi) is 3.61. The van der Waals surface area contributed by atoms with Crippen molar-refractivity contribution in [2.24, 2.45) is 0 Å². The Morgan fingerprint density at radius 1 is 1.00 bits per heavy atom. The third-order valence-corrected chi connectivity index (χ3v) is 4.63. The summed E-state index contributed by atoms with van der Waals surface area (Å²) in [5.74, 6) is 0.284. The van der Waals surface area contributed by atoms with Crippen LogP contribution in [0.4, 0.5) is 5.69 Å². The van der Waals surface area contributed by atoms with E-state index in [9.17, 15) is 4.79 Å². The van der Waals surface area contributed by atoms with Gasteiger partial charge >= 0.3 is 0 Å². The molecule has 0 saturated heterocycles. The van der Waals surface area contributed by atoms with Gasteiger partial charge in [0.2, 0.25) is 5.89 Å². The number of hydrogen-bond donors (Lipinski definition) is 1. The van der Waals surface area contributed by atoms with Crippen molar-refractivity contribution < 1.29 is 9.21 Å². The minimum Gasteiger partial charge on any atom is -0.434 e. The molecule has 1 N–H and O–H groups in total. The molecular weight excluding hydrogens is 362 g/mol. The summed E-state index contributed by atoms with van der Waals surface area (Å²) in [7, 11) is 0. The molecule has 5 aromatic rings. The van der Waals surface area contributed by atoms with E-state index in [1.807, 2.05) is 18.2 Å². The maximum absolute atomic E-state index is 12.5.